The van der Waals surface area contributed by atoms with Crippen LogP contribution in [0, 0.1) is 13.8 Å². The summed E-state index contributed by atoms with van der Waals surface area (Å²) in [5.74, 6) is 0.641. The van der Waals surface area contributed by atoms with Crippen molar-refractivity contribution in [2.75, 3.05) is 18.0 Å². The third kappa shape index (κ3) is 2.25. The van der Waals surface area contributed by atoms with Crippen LogP contribution in [-0.4, -0.2) is 19.0 Å². The number of anilines is 1. The van der Waals surface area contributed by atoms with E-state index >= 15 is 0 Å². The Labute approximate surface area is 107 Å². The molecule has 4 heteroatoms. The lowest BCUT2D eigenvalue weighted by Gasteiger charge is -2.22. The number of halogens is 1. The molecular weight excluding hydrogens is 301 g/mol. The largest absolute Gasteiger partial charge is 0.370 e. The fourth-order valence-electron chi connectivity index (χ4n) is 1.92. The van der Waals surface area contributed by atoms with Gasteiger partial charge in [0, 0.05) is 12.2 Å². The normalized spacial score (nSPS) is 14.8. The molecule has 2 N–H and O–H groups in total. The van der Waals surface area contributed by atoms with Crippen LogP contribution in [0.3, 0.4) is 0 Å². The number of para-hydroxylation sites is 1. The molecule has 1 aromatic carbocycles. The number of guanidine groups is 1. The number of hydrogen-bond donors (Lipinski definition) is 1. The third-order valence-electron chi connectivity index (χ3n) is 2.58. The monoisotopic (exact) mass is 317 g/mol. The van der Waals surface area contributed by atoms with Gasteiger partial charge < -0.3 is 10.6 Å². The number of benzene rings is 1. The van der Waals surface area contributed by atoms with Gasteiger partial charge >= 0.3 is 0 Å². The standard InChI is InChI=1S/C11H15N3.HI/c1-8-4-3-5-9(2)10(8)14-7-6-13-11(14)12;/h3-5H,6-7H2,1-2H3,(H2,12,13);1H. The Hall–Kier alpha value is -0.780. The molecular formula is C11H16IN3. The molecule has 2 rings (SSSR count). The van der Waals surface area contributed by atoms with Gasteiger partial charge in [0.05, 0.1) is 6.54 Å². The molecule has 1 aromatic rings. The van der Waals surface area contributed by atoms with E-state index in [4.69, 9.17) is 5.73 Å². The van der Waals surface area contributed by atoms with Crippen LogP contribution in [0.5, 0.6) is 0 Å². The van der Waals surface area contributed by atoms with E-state index in [9.17, 15) is 0 Å². The average Bonchev–Trinajstić information content (AvgIpc) is 2.52. The van der Waals surface area contributed by atoms with Crippen molar-refractivity contribution in [2.24, 2.45) is 10.7 Å². The van der Waals surface area contributed by atoms with E-state index in [1.807, 2.05) is 0 Å². The summed E-state index contributed by atoms with van der Waals surface area (Å²) in [6, 6.07) is 6.28. The third-order valence-corrected chi connectivity index (χ3v) is 2.58. The predicted octanol–water partition coefficient (Wildman–Crippen LogP) is 2.06. The van der Waals surface area contributed by atoms with Gasteiger partial charge in [0.15, 0.2) is 5.96 Å². The van der Waals surface area contributed by atoms with Crippen molar-refractivity contribution in [3.63, 3.8) is 0 Å². The van der Waals surface area contributed by atoms with Crippen LogP contribution in [0.1, 0.15) is 11.1 Å². The molecule has 0 aliphatic carbocycles. The Bertz CT molecular complexity index is 367. The maximum absolute atomic E-state index is 5.82. The topological polar surface area (TPSA) is 41.6 Å². The number of aryl methyl sites for hydroxylation is 2. The molecule has 82 valence electrons. The molecule has 0 atom stereocenters. The van der Waals surface area contributed by atoms with Crippen LogP contribution in [0.15, 0.2) is 23.2 Å². The summed E-state index contributed by atoms with van der Waals surface area (Å²) in [4.78, 5) is 6.28. The second kappa shape index (κ2) is 4.83. The molecule has 1 aliphatic heterocycles. The first-order valence-electron chi connectivity index (χ1n) is 4.84. The number of hydrogen-bond acceptors (Lipinski definition) is 3. The Morgan fingerprint density at radius 1 is 1.27 bits per heavy atom. The maximum Gasteiger partial charge on any atom is 0.195 e. The van der Waals surface area contributed by atoms with E-state index in [0.717, 1.165) is 13.1 Å². The molecule has 0 saturated carbocycles. The summed E-state index contributed by atoms with van der Waals surface area (Å²) in [6.45, 7) is 5.92. The SMILES string of the molecule is Cc1cccc(C)c1N1CCN=C1N.I. The molecule has 0 saturated heterocycles. The summed E-state index contributed by atoms with van der Waals surface area (Å²) >= 11 is 0. The fourth-order valence-corrected chi connectivity index (χ4v) is 1.92. The number of aliphatic imine (C=N–C) groups is 1. The average molecular weight is 317 g/mol. The minimum absolute atomic E-state index is 0. The quantitative estimate of drug-likeness (QED) is 0.806. The Balaban J connectivity index is 0.00000112. The van der Waals surface area contributed by atoms with Gasteiger partial charge in [0.2, 0.25) is 0 Å². The van der Waals surface area contributed by atoms with Crippen molar-refractivity contribution in [3.05, 3.63) is 29.3 Å². The number of rotatable bonds is 1. The lowest BCUT2D eigenvalue weighted by Crippen LogP contribution is -2.34. The van der Waals surface area contributed by atoms with Crippen molar-refractivity contribution in [1.29, 1.82) is 0 Å². The van der Waals surface area contributed by atoms with Crippen molar-refractivity contribution < 1.29 is 0 Å². The minimum Gasteiger partial charge on any atom is -0.370 e. The zero-order valence-corrected chi connectivity index (χ0v) is 11.4. The van der Waals surface area contributed by atoms with E-state index in [1.165, 1.54) is 16.8 Å². The summed E-state index contributed by atoms with van der Waals surface area (Å²) in [6.07, 6.45) is 0. The number of nitrogens with two attached hydrogens (primary N) is 1. The smallest absolute Gasteiger partial charge is 0.195 e. The van der Waals surface area contributed by atoms with E-state index in [-0.39, 0.29) is 24.0 Å². The molecule has 0 bridgehead atoms. The van der Waals surface area contributed by atoms with Gasteiger partial charge in [-0.25, -0.2) is 0 Å². The highest BCUT2D eigenvalue weighted by Gasteiger charge is 2.18. The molecule has 0 fully saturated rings. The first kappa shape index (κ1) is 12.3. The Kier molecular flexibility index (Phi) is 3.96. The Morgan fingerprint density at radius 3 is 2.33 bits per heavy atom. The van der Waals surface area contributed by atoms with Crippen molar-refractivity contribution in [1.82, 2.24) is 0 Å². The second-order valence-corrected chi connectivity index (χ2v) is 3.63. The molecule has 0 amide bonds. The Morgan fingerprint density at radius 2 is 1.87 bits per heavy atom. The first-order chi connectivity index (χ1) is 6.70. The van der Waals surface area contributed by atoms with E-state index in [2.05, 4.69) is 41.9 Å². The van der Waals surface area contributed by atoms with Crippen LogP contribution in [0.2, 0.25) is 0 Å². The highest BCUT2D eigenvalue weighted by atomic mass is 127. The molecule has 0 radical (unpaired) electrons. The zero-order chi connectivity index (χ0) is 10.1. The molecule has 0 unspecified atom stereocenters. The maximum atomic E-state index is 5.82. The van der Waals surface area contributed by atoms with Gasteiger partial charge in [-0.2, -0.15) is 0 Å². The summed E-state index contributed by atoms with van der Waals surface area (Å²) in [7, 11) is 0. The van der Waals surface area contributed by atoms with Gasteiger partial charge in [0.25, 0.3) is 0 Å². The highest BCUT2D eigenvalue weighted by molar-refractivity contribution is 14.0. The molecule has 15 heavy (non-hydrogen) atoms. The van der Waals surface area contributed by atoms with Crippen LogP contribution < -0.4 is 10.6 Å². The van der Waals surface area contributed by atoms with E-state index in [1.54, 1.807) is 0 Å². The van der Waals surface area contributed by atoms with Crippen LogP contribution in [0.25, 0.3) is 0 Å². The number of nitrogens with zero attached hydrogens (tertiary/aromatic N) is 2. The summed E-state index contributed by atoms with van der Waals surface area (Å²) in [5, 5.41) is 0. The first-order valence-corrected chi connectivity index (χ1v) is 4.84. The minimum atomic E-state index is 0. The zero-order valence-electron chi connectivity index (χ0n) is 9.03. The molecule has 1 aliphatic rings. The van der Waals surface area contributed by atoms with Crippen molar-refractivity contribution >= 4 is 35.6 Å². The highest BCUT2D eigenvalue weighted by Crippen LogP contribution is 2.25. The van der Waals surface area contributed by atoms with Gasteiger partial charge in [-0.05, 0) is 25.0 Å². The van der Waals surface area contributed by atoms with Gasteiger partial charge in [-0.1, -0.05) is 18.2 Å². The van der Waals surface area contributed by atoms with Crippen LogP contribution in [-0.2, 0) is 0 Å². The fraction of sp³-hybridized carbons (Fsp3) is 0.364. The molecule has 3 nitrogen and oxygen atoms in total. The van der Waals surface area contributed by atoms with E-state index in [0.29, 0.717) is 5.96 Å². The van der Waals surface area contributed by atoms with Gasteiger partial charge in [-0.15, -0.1) is 24.0 Å². The molecule has 0 aromatic heterocycles. The predicted molar refractivity (Wildman–Crippen MR) is 75.2 cm³/mol. The summed E-state index contributed by atoms with van der Waals surface area (Å²) in [5.41, 5.74) is 9.55. The van der Waals surface area contributed by atoms with Crippen LogP contribution >= 0.6 is 24.0 Å². The van der Waals surface area contributed by atoms with Gasteiger partial charge in [0.1, 0.15) is 0 Å². The molecule has 0 spiro atoms. The van der Waals surface area contributed by atoms with Crippen molar-refractivity contribution in [3.8, 4) is 0 Å². The second-order valence-electron chi connectivity index (χ2n) is 3.63. The van der Waals surface area contributed by atoms with Crippen LogP contribution in [0.4, 0.5) is 5.69 Å². The van der Waals surface area contributed by atoms with Gasteiger partial charge in [-0.3, -0.25) is 4.99 Å². The molecule has 1 heterocycles. The summed E-state index contributed by atoms with van der Waals surface area (Å²) < 4.78 is 0. The van der Waals surface area contributed by atoms with Crippen molar-refractivity contribution in [2.45, 2.75) is 13.8 Å². The van der Waals surface area contributed by atoms with E-state index < -0.39 is 0 Å². The lowest BCUT2D eigenvalue weighted by molar-refractivity contribution is 1.01. The lowest BCUT2D eigenvalue weighted by atomic mass is 10.1.